The number of benzene rings is 1. The van der Waals surface area contributed by atoms with Gasteiger partial charge in [-0.3, -0.25) is 4.79 Å². The third-order valence-electron chi connectivity index (χ3n) is 4.13. The van der Waals surface area contributed by atoms with Crippen molar-refractivity contribution in [2.45, 2.75) is 41.5 Å². The molecule has 0 unspecified atom stereocenters. The third-order valence-corrected chi connectivity index (χ3v) is 4.13. The molecule has 1 aliphatic rings. The molecule has 1 aliphatic carbocycles. The molecular weight excluding hydrogens is 320 g/mol. The Kier molecular flexibility index (Phi) is 5.91. The summed E-state index contributed by atoms with van der Waals surface area (Å²) in [6, 6.07) is 9.96. The van der Waals surface area contributed by atoms with Crippen molar-refractivity contribution in [3.63, 3.8) is 0 Å². The monoisotopic (exact) mass is 348 g/mol. The molecule has 0 spiro atoms. The first-order valence-corrected chi connectivity index (χ1v) is 8.90. The van der Waals surface area contributed by atoms with Crippen LogP contribution in [0.25, 0.3) is 6.08 Å². The van der Waals surface area contributed by atoms with Gasteiger partial charge in [0.25, 0.3) is 0 Å². The second-order valence-electron chi connectivity index (χ2n) is 8.53. The molecule has 0 heterocycles. The fourth-order valence-electron chi connectivity index (χ4n) is 2.66. The number of ketones is 1. The number of azo groups is 1. The van der Waals surface area contributed by atoms with Crippen molar-refractivity contribution in [1.82, 2.24) is 0 Å². The Hall–Kier alpha value is -2.55. The number of Topliss-reactive ketones (excluding diaryl/α,β-unsaturated/α-hetero) is 1. The summed E-state index contributed by atoms with van der Waals surface area (Å²) in [6.07, 6.45) is 9.14. The van der Waals surface area contributed by atoms with Crippen LogP contribution < -0.4 is 0 Å². The lowest BCUT2D eigenvalue weighted by Gasteiger charge is -2.31. The molecule has 0 aromatic heterocycles. The average molecular weight is 348 g/mol. The van der Waals surface area contributed by atoms with E-state index in [9.17, 15) is 4.79 Å². The van der Waals surface area contributed by atoms with Gasteiger partial charge in [-0.1, -0.05) is 71.9 Å². The van der Waals surface area contributed by atoms with Crippen molar-refractivity contribution in [3.8, 4) is 0 Å². The smallest absolute Gasteiger partial charge is 0.186 e. The summed E-state index contributed by atoms with van der Waals surface area (Å²) in [5.41, 5.74) is 3.16. The van der Waals surface area contributed by atoms with Gasteiger partial charge in [0.05, 0.1) is 12.4 Å². The van der Waals surface area contributed by atoms with Gasteiger partial charge in [0, 0.05) is 11.1 Å². The predicted octanol–water partition coefficient (Wildman–Crippen LogP) is 6.52. The molecule has 3 nitrogen and oxygen atoms in total. The summed E-state index contributed by atoms with van der Waals surface area (Å²) in [5, 5.41) is 8.22. The molecule has 0 radical (unpaired) electrons. The highest BCUT2D eigenvalue weighted by molar-refractivity contribution is 6.11. The van der Waals surface area contributed by atoms with Crippen molar-refractivity contribution in [2.75, 3.05) is 0 Å². The van der Waals surface area contributed by atoms with E-state index in [2.05, 4.69) is 51.8 Å². The highest BCUT2D eigenvalue weighted by Crippen LogP contribution is 2.38. The highest BCUT2D eigenvalue weighted by atomic mass is 16.1. The summed E-state index contributed by atoms with van der Waals surface area (Å²) in [4.78, 5) is 12.9. The summed E-state index contributed by atoms with van der Waals surface area (Å²) in [6.45, 7) is 12.4. The summed E-state index contributed by atoms with van der Waals surface area (Å²) in [7, 11) is 0. The molecule has 0 saturated heterocycles. The maximum Gasteiger partial charge on any atom is 0.186 e. The summed E-state index contributed by atoms with van der Waals surface area (Å²) >= 11 is 0. The highest BCUT2D eigenvalue weighted by Gasteiger charge is 2.33. The van der Waals surface area contributed by atoms with Crippen LogP contribution in [-0.4, -0.2) is 5.78 Å². The van der Waals surface area contributed by atoms with Gasteiger partial charge in [0.1, 0.15) is 0 Å². The Morgan fingerprint density at radius 2 is 1.35 bits per heavy atom. The number of nitrogens with zero attached hydrogens (tertiary/aromatic N) is 2. The van der Waals surface area contributed by atoms with Gasteiger partial charge >= 0.3 is 0 Å². The van der Waals surface area contributed by atoms with Crippen LogP contribution in [-0.2, 0) is 4.79 Å². The number of hydrogen-bond acceptors (Lipinski definition) is 3. The second kappa shape index (κ2) is 7.77. The molecule has 0 aliphatic heterocycles. The molecular formula is C23H28N2O. The van der Waals surface area contributed by atoms with Crippen LogP contribution in [0.4, 0.5) is 0 Å². The first-order chi connectivity index (χ1) is 12.1. The number of allylic oxidation sites excluding steroid dienone is 5. The summed E-state index contributed by atoms with van der Waals surface area (Å²) < 4.78 is 0. The van der Waals surface area contributed by atoms with Crippen molar-refractivity contribution in [1.29, 1.82) is 0 Å². The maximum absolute atomic E-state index is 12.9. The number of carbonyl (C=O) groups is 1. The normalized spacial score (nSPS) is 16.2. The Morgan fingerprint density at radius 3 is 1.85 bits per heavy atom. The van der Waals surface area contributed by atoms with Gasteiger partial charge in [0.15, 0.2) is 5.78 Å². The standard InChI is InChI=1S/C23H28N2O/c1-22(2,3)19-14-18(15-20(21(19)26)23(4,5)6)16-25-24-13-12-17-10-8-7-9-11-17/h7-16H,1-6H3. The Morgan fingerprint density at radius 1 is 0.808 bits per heavy atom. The zero-order chi connectivity index (χ0) is 19.4. The van der Waals surface area contributed by atoms with Crippen LogP contribution in [0.2, 0.25) is 0 Å². The van der Waals surface area contributed by atoms with E-state index in [0.29, 0.717) is 0 Å². The topological polar surface area (TPSA) is 41.8 Å². The molecule has 2 rings (SSSR count). The van der Waals surface area contributed by atoms with E-state index < -0.39 is 0 Å². The summed E-state index contributed by atoms with van der Waals surface area (Å²) in [5.74, 6) is 0.128. The van der Waals surface area contributed by atoms with E-state index in [-0.39, 0.29) is 16.6 Å². The van der Waals surface area contributed by atoms with Gasteiger partial charge in [-0.25, -0.2) is 0 Å². The van der Waals surface area contributed by atoms with Crippen LogP contribution in [0.5, 0.6) is 0 Å². The van der Waals surface area contributed by atoms with Gasteiger partial charge < -0.3 is 0 Å². The fourth-order valence-corrected chi connectivity index (χ4v) is 2.66. The van der Waals surface area contributed by atoms with Crippen LogP contribution in [0.15, 0.2) is 81.8 Å². The minimum atomic E-state index is -0.217. The second-order valence-corrected chi connectivity index (χ2v) is 8.53. The zero-order valence-electron chi connectivity index (χ0n) is 16.6. The first kappa shape index (κ1) is 19.8. The van der Waals surface area contributed by atoms with Crippen LogP contribution >= 0.6 is 0 Å². The Bertz CT molecular complexity index is 772. The third kappa shape index (κ3) is 5.22. The van der Waals surface area contributed by atoms with Gasteiger partial charge in [0.2, 0.25) is 0 Å². The van der Waals surface area contributed by atoms with Crippen molar-refractivity contribution >= 4 is 11.9 Å². The van der Waals surface area contributed by atoms with Crippen molar-refractivity contribution < 1.29 is 4.79 Å². The molecule has 0 bridgehead atoms. The number of hydrogen-bond donors (Lipinski definition) is 0. The predicted molar refractivity (Wildman–Crippen MR) is 108 cm³/mol. The molecule has 26 heavy (non-hydrogen) atoms. The largest absolute Gasteiger partial charge is 0.289 e. The molecule has 0 fully saturated rings. The lowest BCUT2D eigenvalue weighted by atomic mass is 9.72. The number of carbonyl (C=O) groups excluding carboxylic acids is 1. The van der Waals surface area contributed by atoms with E-state index in [4.69, 9.17) is 0 Å². The fraction of sp³-hybridized carbons (Fsp3) is 0.348. The lowest BCUT2D eigenvalue weighted by molar-refractivity contribution is -0.114. The quantitative estimate of drug-likeness (QED) is 0.573. The van der Waals surface area contributed by atoms with Crippen molar-refractivity contribution in [3.05, 3.63) is 77.2 Å². The van der Waals surface area contributed by atoms with Crippen molar-refractivity contribution in [2.24, 2.45) is 21.1 Å². The van der Waals surface area contributed by atoms with E-state index >= 15 is 0 Å². The first-order valence-electron chi connectivity index (χ1n) is 8.90. The van der Waals surface area contributed by atoms with Crippen LogP contribution in [0.1, 0.15) is 47.1 Å². The zero-order valence-corrected chi connectivity index (χ0v) is 16.6. The molecule has 1 aromatic carbocycles. The minimum Gasteiger partial charge on any atom is -0.289 e. The van der Waals surface area contributed by atoms with Gasteiger partial charge in [-0.15, -0.1) is 0 Å². The maximum atomic E-state index is 12.9. The molecule has 1 aromatic rings. The Balaban J connectivity index is 2.27. The van der Waals surface area contributed by atoms with Crippen LogP contribution in [0, 0.1) is 10.8 Å². The van der Waals surface area contributed by atoms with E-state index in [1.807, 2.05) is 48.6 Å². The Labute approximate surface area is 156 Å². The molecule has 0 atom stereocenters. The van der Waals surface area contributed by atoms with Crippen LogP contribution in [0.3, 0.4) is 0 Å². The van der Waals surface area contributed by atoms with E-state index in [0.717, 1.165) is 22.3 Å². The molecule has 136 valence electrons. The molecule has 0 amide bonds. The number of rotatable bonds is 3. The lowest BCUT2D eigenvalue weighted by Crippen LogP contribution is -2.27. The van der Waals surface area contributed by atoms with E-state index in [1.165, 1.54) is 0 Å². The molecule has 0 N–H and O–H groups in total. The molecule has 3 heteroatoms. The van der Waals surface area contributed by atoms with E-state index in [1.54, 1.807) is 12.4 Å². The van der Waals surface area contributed by atoms with Gasteiger partial charge in [-0.2, -0.15) is 10.2 Å². The SMILES string of the molecule is CC(C)(C)C1=CC(=CN=NC=Cc2ccccc2)C=C(C(C)(C)C)C1=O. The minimum absolute atomic E-state index is 0.128. The molecule has 0 saturated carbocycles. The van der Waals surface area contributed by atoms with Gasteiger partial charge in [-0.05, 0) is 40.2 Å². The average Bonchev–Trinajstić information content (AvgIpc) is 2.54.